The van der Waals surface area contributed by atoms with Gasteiger partial charge in [-0.1, -0.05) is 38.2 Å². The van der Waals surface area contributed by atoms with Crippen LogP contribution in [0.4, 0.5) is 28.5 Å². The molecule has 0 radical (unpaired) electrons. The molecule has 10 aromatic heterocycles. The third kappa shape index (κ3) is 20.8. The van der Waals surface area contributed by atoms with E-state index in [0.29, 0.717) is 102 Å². The number of pyridine rings is 1. The molecule has 10 atom stereocenters. The van der Waals surface area contributed by atoms with Crippen LogP contribution in [-0.4, -0.2) is 157 Å². The number of aromatic amines is 11. The fourth-order valence-corrected chi connectivity index (χ4v) is 20.3. The van der Waals surface area contributed by atoms with Gasteiger partial charge < -0.3 is 45.4 Å². The van der Waals surface area contributed by atoms with Crippen LogP contribution in [0.3, 0.4) is 0 Å². The molecule has 6 aliphatic rings. The molecule has 6 fully saturated rings. The Morgan fingerprint density at radius 3 is 1.30 bits per heavy atom. The smallest absolute Gasteiger partial charge is 0.271 e. The topological polar surface area (TPSA) is 442 Å². The van der Waals surface area contributed by atoms with Crippen molar-refractivity contribution < 1.29 is 14.2 Å². The maximum Gasteiger partial charge on any atom is 0.271 e. The number of nitrogens with zero attached hydrogens (tertiary/aromatic N) is 8. The van der Waals surface area contributed by atoms with Gasteiger partial charge in [0.15, 0.2) is 5.13 Å². The van der Waals surface area contributed by atoms with Crippen molar-refractivity contribution in [3.05, 3.63) is 215 Å². The van der Waals surface area contributed by atoms with E-state index in [1.165, 1.54) is 84.6 Å². The van der Waals surface area contributed by atoms with Gasteiger partial charge in [0.05, 0.1) is 93.1 Å². The first-order valence-electron chi connectivity index (χ1n) is 42.2. The molecule has 6 saturated carbocycles. The largest absolute Gasteiger partial charge is 0.493 e. The molecule has 0 spiro atoms. The van der Waals surface area contributed by atoms with Crippen molar-refractivity contribution in [2.75, 3.05) is 57.9 Å². The standard InChI is InChI=1S/C19H23N5OS.C18H20N4O2.C17H21N5O2.C17H20N4OS2.C16H18N6O2/c25-19-14-7-6-13(8-17(14)22-24-19)26-10-12-2-1-3-15(12)20-18-9-16(21-23-18)11-4-5-11;23-18-14-8-7-13(10-16(14)21-22-18)24-11-12-4-3-5-15(12)20-17-6-1-2-9-19-17;1-22-8-16(18-10-22)19-14-4-2-3-11(14)9-24-12-5-6-13-15(7-12)20-21-17(13)23;1-10-8-18-17(24-10)19-14-4-2-3-11(14)9-23-12-5-6-13-15(7-12)20-21-16(13)22;23-15-12-5-4-11(8-14(12)20-21-15)24-9-10-2-1-3-13(10)19-16-17-6-7-18-22-16/h6-9,11-12,15H,1-5,10H2,(H2,20,21,23)(H2,22,24,25);1-2,6-10,12,15H,3-5,11H2,(H,19,20)(H2,21,22,23);5-8,10-11,14,19H,2-4,9H2,1H3,(H2,20,21,23);5-8,11,14H,2-4,9H2,1H3,(H,18,19)(H2,20,21,22);4-8,10,13H,1-3,9H2,(H,17,19,22)(H2,20,21,23). The van der Waals surface area contributed by atoms with E-state index in [1.54, 1.807) is 54.5 Å². The lowest BCUT2D eigenvalue weighted by atomic mass is 10.1. The summed E-state index contributed by atoms with van der Waals surface area (Å²) in [4.78, 5) is 78.7. The van der Waals surface area contributed by atoms with Gasteiger partial charge >= 0.3 is 0 Å². The average molecular weight is 1710 g/mol. The summed E-state index contributed by atoms with van der Waals surface area (Å²) in [5.74, 6) is 11.2. The number of hydrogen-bond donors (Lipinski definition) is 16. The lowest BCUT2D eigenvalue weighted by Crippen LogP contribution is -2.29. The van der Waals surface area contributed by atoms with Gasteiger partial charge in [-0.15, -0.1) is 40.0 Å². The van der Waals surface area contributed by atoms with Gasteiger partial charge in [-0.2, -0.15) is 10.2 Å². The molecular weight excluding hydrogens is 1610 g/mol. The first kappa shape index (κ1) is 82.1. The molecule has 10 heterocycles. The zero-order valence-electron chi connectivity index (χ0n) is 67.9. The van der Waals surface area contributed by atoms with Gasteiger partial charge in [0.1, 0.15) is 34.7 Å². The Balaban J connectivity index is 0.000000108. The predicted molar refractivity (Wildman–Crippen MR) is 481 cm³/mol. The van der Waals surface area contributed by atoms with E-state index in [0.717, 1.165) is 135 Å². The Morgan fingerprint density at radius 1 is 0.426 bits per heavy atom. The Hall–Kier alpha value is -12.2. The average Bonchev–Trinajstić information content (AvgIpc) is 1.63. The minimum atomic E-state index is -0.118. The van der Waals surface area contributed by atoms with Gasteiger partial charge in [0.25, 0.3) is 27.8 Å². The van der Waals surface area contributed by atoms with Crippen molar-refractivity contribution in [2.45, 2.75) is 162 Å². The molecule has 0 saturated heterocycles. The van der Waals surface area contributed by atoms with Crippen LogP contribution in [0, 0.1) is 36.5 Å². The first-order chi connectivity index (χ1) is 59.7. The number of imidazole rings is 1. The minimum absolute atomic E-state index is 0.0545. The summed E-state index contributed by atoms with van der Waals surface area (Å²) >= 11 is 5.47. The van der Waals surface area contributed by atoms with E-state index in [-0.39, 0.29) is 33.8 Å². The van der Waals surface area contributed by atoms with Crippen molar-refractivity contribution in [3.63, 3.8) is 0 Å². The summed E-state index contributed by atoms with van der Waals surface area (Å²) in [5.41, 5.74) is 4.90. The zero-order chi connectivity index (χ0) is 83.3. The molecule has 16 N–H and O–H groups in total. The van der Waals surface area contributed by atoms with E-state index in [4.69, 9.17) is 14.2 Å². The quantitative estimate of drug-likeness (QED) is 0.0224. The Kier molecular flexibility index (Phi) is 26.0. The summed E-state index contributed by atoms with van der Waals surface area (Å²) in [6, 6.07) is 38.6. The van der Waals surface area contributed by atoms with Gasteiger partial charge in [0, 0.05) is 136 Å². The summed E-state index contributed by atoms with van der Waals surface area (Å²) in [6.45, 7) is 4.01. The van der Waals surface area contributed by atoms with E-state index >= 15 is 0 Å². The molecule has 0 amide bonds. The van der Waals surface area contributed by atoms with Crippen molar-refractivity contribution in [1.29, 1.82) is 0 Å². The second kappa shape index (κ2) is 38.7. The van der Waals surface area contributed by atoms with Gasteiger partial charge in [-0.05, 0) is 181 Å². The molecule has 5 aromatic carbocycles. The van der Waals surface area contributed by atoms with Crippen molar-refractivity contribution >= 4 is 118 Å². The first-order valence-corrected chi connectivity index (χ1v) is 45.0. The predicted octanol–water partition coefficient (Wildman–Crippen LogP) is 14.7. The van der Waals surface area contributed by atoms with Crippen LogP contribution >= 0.6 is 34.9 Å². The van der Waals surface area contributed by atoms with Crippen LogP contribution in [-0.2, 0) is 7.05 Å². The SMILES string of the molecule is Cc1cnc(NC2CCCC2CSc2ccc3c(=O)[nH][nH]c3c2)s1.Cn1cnc(NC2CCCC2COc2ccc3c(=O)[nH][nH]c3c2)c1.O=c1[nH][nH]c2cc(OCC3CCCC3Nc3ccccn3)ccc12.O=c1[nH][nH]c2cc(OCC3CCCC3Nc3nccnn3)ccc12.O=c1[nH][nH]c2cc(SCC3CCCC3Nc3cc(C4CC4)[nH]n3)ccc12. The maximum absolute atomic E-state index is 11.6. The number of benzene rings is 5. The van der Waals surface area contributed by atoms with E-state index in [1.807, 2.05) is 126 Å². The van der Waals surface area contributed by atoms with Crippen molar-refractivity contribution in [3.8, 4) is 17.2 Å². The lowest BCUT2D eigenvalue weighted by Gasteiger charge is -2.21. The Bertz CT molecular complexity index is 5960. The number of hydrogen-bond acceptors (Lipinski definition) is 23. The second-order valence-electron chi connectivity index (χ2n) is 32.6. The highest BCUT2D eigenvalue weighted by Crippen LogP contribution is 2.42. The molecule has 32 nitrogen and oxygen atoms in total. The number of aromatic nitrogens is 19. The number of fused-ring (bicyclic) bond motifs is 5. The molecule has 636 valence electrons. The number of ether oxygens (including phenoxy) is 3. The number of nitrogens with one attached hydrogen (secondary N) is 16. The number of thioether (sulfide) groups is 2. The molecule has 6 aliphatic carbocycles. The number of rotatable bonds is 26. The van der Waals surface area contributed by atoms with E-state index in [9.17, 15) is 24.0 Å². The highest BCUT2D eigenvalue weighted by Gasteiger charge is 2.34. The summed E-state index contributed by atoms with van der Waals surface area (Å²) in [5, 5.41) is 65.0. The van der Waals surface area contributed by atoms with Crippen LogP contribution in [0.5, 0.6) is 17.2 Å². The monoisotopic (exact) mass is 1710 g/mol. The second-order valence-corrected chi connectivity index (χ2v) is 36.0. The Labute approximate surface area is 712 Å². The molecule has 35 heteroatoms. The highest BCUT2D eigenvalue weighted by atomic mass is 32.2. The number of aryl methyl sites for hydroxylation is 2. The summed E-state index contributed by atoms with van der Waals surface area (Å²) in [7, 11) is 1.97. The zero-order valence-corrected chi connectivity index (χ0v) is 70.4. The number of anilines is 5. The third-order valence-electron chi connectivity index (χ3n) is 24.1. The van der Waals surface area contributed by atoms with Gasteiger partial charge in [-0.25, -0.2) is 19.9 Å². The summed E-state index contributed by atoms with van der Waals surface area (Å²) < 4.78 is 19.8. The van der Waals surface area contributed by atoms with Crippen LogP contribution < -0.4 is 68.6 Å². The minimum Gasteiger partial charge on any atom is -0.493 e. The van der Waals surface area contributed by atoms with Crippen molar-refractivity contribution in [1.82, 2.24) is 95.9 Å². The van der Waals surface area contributed by atoms with Gasteiger partial charge in [-0.3, -0.25) is 80.1 Å². The fraction of sp³-hybridized carbons (Fsp3) is 0.402. The molecule has 122 heavy (non-hydrogen) atoms. The molecule has 0 bridgehead atoms. The molecule has 15 aromatic rings. The highest BCUT2D eigenvalue weighted by molar-refractivity contribution is 7.99. The van der Waals surface area contributed by atoms with Crippen LogP contribution in [0.25, 0.3) is 54.5 Å². The van der Waals surface area contributed by atoms with E-state index < -0.39 is 0 Å². The van der Waals surface area contributed by atoms with Crippen molar-refractivity contribution in [2.24, 2.45) is 36.6 Å². The summed E-state index contributed by atoms with van der Waals surface area (Å²) in [6.07, 6.45) is 31.1. The number of H-pyrrole nitrogens is 11. The van der Waals surface area contributed by atoms with Gasteiger partial charge in [0.2, 0.25) is 5.95 Å². The normalized spacial score (nSPS) is 21.0. The number of thiazole rings is 1. The molecule has 10 unspecified atom stereocenters. The fourth-order valence-electron chi connectivity index (χ4n) is 17.3. The third-order valence-corrected chi connectivity index (χ3v) is 27.3. The van der Waals surface area contributed by atoms with Crippen LogP contribution in [0.1, 0.15) is 126 Å². The van der Waals surface area contributed by atoms with Crippen LogP contribution in [0.15, 0.2) is 186 Å². The molecule has 21 rings (SSSR count). The molecule has 0 aliphatic heterocycles. The van der Waals surface area contributed by atoms with Crippen LogP contribution in [0.2, 0.25) is 0 Å². The van der Waals surface area contributed by atoms with E-state index in [2.05, 4.69) is 143 Å². The Morgan fingerprint density at radius 2 is 0.869 bits per heavy atom. The molecular formula is C87H102N24O8S3. The lowest BCUT2D eigenvalue weighted by molar-refractivity contribution is 0.244. The maximum atomic E-state index is 11.6.